The number of ether oxygens (including phenoxy) is 3. The van der Waals surface area contributed by atoms with Crippen LogP contribution in [0.15, 0.2) is 71.7 Å². The number of aliphatic imine (C=N–C) groups is 1. The molecule has 5 rings (SSSR count). The highest BCUT2D eigenvalue weighted by Crippen LogP contribution is 2.34. The van der Waals surface area contributed by atoms with Crippen LogP contribution in [0.25, 0.3) is 0 Å². The Morgan fingerprint density at radius 2 is 1.86 bits per heavy atom. The monoisotopic (exact) mass is 499 g/mol. The van der Waals surface area contributed by atoms with E-state index in [0.717, 1.165) is 5.56 Å². The maximum atomic E-state index is 13.6. The summed E-state index contributed by atoms with van der Waals surface area (Å²) in [5.41, 5.74) is 2.96. The molecule has 0 spiro atoms. The number of carbonyl (C=O) groups excluding carboxylic acids is 2. The first-order valence-electron chi connectivity index (χ1n) is 11.7. The van der Waals surface area contributed by atoms with Crippen LogP contribution in [-0.4, -0.2) is 24.5 Å². The molecule has 1 N–H and O–H groups in total. The van der Waals surface area contributed by atoms with Crippen molar-refractivity contribution < 1.29 is 28.2 Å². The molecule has 2 amide bonds. The number of aryl methyl sites for hydroxylation is 1. The van der Waals surface area contributed by atoms with Crippen molar-refractivity contribution in [3.8, 4) is 17.6 Å². The Bertz CT molecular complexity index is 1410. The van der Waals surface area contributed by atoms with Crippen molar-refractivity contribution in [3.63, 3.8) is 0 Å². The van der Waals surface area contributed by atoms with Gasteiger partial charge in [0.2, 0.25) is 6.79 Å². The number of carbonyl (C=O) groups is 2. The third-order valence-corrected chi connectivity index (χ3v) is 6.24. The molecule has 0 saturated carbocycles. The number of esters is 1. The molecule has 2 aliphatic rings. The van der Waals surface area contributed by atoms with Crippen LogP contribution >= 0.6 is 0 Å². The highest BCUT2D eigenvalue weighted by molar-refractivity contribution is 6.09. The molecule has 0 aliphatic carbocycles. The molecule has 0 bridgehead atoms. The number of hydrogen-bond acceptors (Lipinski definition) is 6. The minimum Gasteiger partial charge on any atom is -0.460 e. The van der Waals surface area contributed by atoms with Crippen molar-refractivity contribution in [2.24, 2.45) is 10.9 Å². The van der Waals surface area contributed by atoms with E-state index in [-0.39, 0.29) is 13.4 Å². The first kappa shape index (κ1) is 24.0. The smallest absolute Gasteiger partial charge is 0.341 e. The summed E-state index contributed by atoms with van der Waals surface area (Å²) in [7, 11) is 0. The van der Waals surface area contributed by atoms with Crippen LogP contribution in [0, 0.1) is 23.1 Å². The lowest BCUT2D eigenvalue weighted by Crippen LogP contribution is -2.45. The van der Waals surface area contributed by atoms with Crippen molar-refractivity contribution in [1.29, 1.82) is 5.26 Å². The molecule has 8 nitrogen and oxygen atoms in total. The fourth-order valence-electron chi connectivity index (χ4n) is 4.41. The van der Waals surface area contributed by atoms with E-state index < -0.39 is 29.8 Å². The van der Waals surface area contributed by atoms with Gasteiger partial charge in [-0.25, -0.2) is 14.2 Å². The summed E-state index contributed by atoms with van der Waals surface area (Å²) < 4.78 is 30.0. The van der Waals surface area contributed by atoms with Crippen LogP contribution in [0.1, 0.15) is 34.7 Å². The second-order valence-corrected chi connectivity index (χ2v) is 8.67. The van der Waals surface area contributed by atoms with Crippen molar-refractivity contribution in [1.82, 2.24) is 5.32 Å². The molecule has 0 saturated heterocycles. The van der Waals surface area contributed by atoms with E-state index in [4.69, 9.17) is 19.5 Å². The Kier molecular flexibility index (Phi) is 6.81. The maximum absolute atomic E-state index is 13.6. The first-order valence-corrected chi connectivity index (χ1v) is 11.7. The van der Waals surface area contributed by atoms with Crippen LogP contribution < -0.4 is 14.8 Å². The highest BCUT2D eigenvalue weighted by Gasteiger charge is 2.39. The second kappa shape index (κ2) is 10.5. The van der Waals surface area contributed by atoms with E-state index >= 15 is 0 Å². The lowest BCUT2D eigenvalue weighted by molar-refractivity contribution is -0.148. The summed E-state index contributed by atoms with van der Waals surface area (Å²) in [4.78, 5) is 30.1. The van der Waals surface area contributed by atoms with E-state index in [2.05, 4.69) is 16.4 Å². The molecule has 0 fully saturated rings. The number of fused-ring (bicyclic) bond motifs is 1. The number of urea groups is 1. The zero-order valence-electron chi connectivity index (χ0n) is 19.6. The summed E-state index contributed by atoms with van der Waals surface area (Å²) in [6, 6.07) is 18.6. The number of nitrogens with one attached hydrogen (secondary N) is 1. The number of nitrogens with zero attached hydrogens (tertiary/aromatic N) is 2. The zero-order chi connectivity index (χ0) is 25.8. The quantitative estimate of drug-likeness (QED) is 0.475. The average Bonchev–Trinajstić information content (AvgIpc) is 3.39. The lowest BCUT2D eigenvalue weighted by atomic mass is 9.85. The SMILES string of the molecule is N#Cc1cccc(COC(=O)C2C(CCc3ccc4c(c3)OCO4)=NC(=O)NC2c2ccc(F)cc2)c1. The number of halogens is 1. The molecule has 2 aliphatic heterocycles. The fourth-order valence-corrected chi connectivity index (χ4v) is 4.41. The van der Waals surface area contributed by atoms with Gasteiger partial charge in [-0.2, -0.15) is 5.26 Å². The predicted octanol–water partition coefficient (Wildman–Crippen LogP) is 4.62. The van der Waals surface area contributed by atoms with Crippen LogP contribution in [0.3, 0.4) is 0 Å². The molecule has 2 atom stereocenters. The topological polar surface area (TPSA) is 110 Å². The van der Waals surface area contributed by atoms with Crippen molar-refractivity contribution in [3.05, 3.63) is 94.8 Å². The Hall–Kier alpha value is -4.71. The molecule has 37 heavy (non-hydrogen) atoms. The Morgan fingerprint density at radius 1 is 1.05 bits per heavy atom. The predicted molar refractivity (Wildman–Crippen MR) is 130 cm³/mol. The Morgan fingerprint density at radius 3 is 2.68 bits per heavy atom. The summed E-state index contributed by atoms with van der Waals surface area (Å²) in [6.45, 7) is 0.112. The van der Waals surface area contributed by atoms with E-state index in [1.807, 2.05) is 18.2 Å². The minimum absolute atomic E-state index is 0.0512. The summed E-state index contributed by atoms with van der Waals surface area (Å²) in [5, 5.41) is 11.9. The molecule has 186 valence electrons. The average molecular weight is 499 g/mol. The molecule has 0 aromatic heterocycles. The number of hydrogen-bond donors (Lipinski definition) is 1. The summed E-state index contributed by atoms with van der Waals surface area (Å²) in [5.74, 6) is -0.631. The van der Waals surface area contributed by atoms with Crippen molar-refractivity contribution >= 4 is 17.7 Å². The molecular weight excluding hydrogens is 477 g/mol. The molecule has 0 radical (unpaired) electrons. The van der Waals surface area contributed by atoms with Crippen molar-refractivity contribution in [2.75, 3.05) is 6.79 Å². The van der Waals surface area contributed by atoms with Gasteiger partial charge in [-0.3, -0.25) is 4.79 Å². The zero-order valence-corrected chi connectivity index (χ0v) is 19.6. The molecule has 9 heteroatoms. The molecular formula is C28H22FN3O5. The van der Waals surface area contributed by atoms with E-state index in [1.54, 1.807) is 24.3 Å². The Labute approximate surface area is 212 Å². The van der Waals surface area contributed by atoms with E-state index in [0.29, 0.717) is 46.7 Å². The van der Waals surface area contributed by atoms with Gasteiger partial charge in [-0.05, 0) is 65.9 Å². The van der Waals surface area contributed by atoms with Crippen LogP contribution in [0.5, 0.6) is 11.5 Å². The molecule has 3 aromatic rings. The van der Waals surface area contributed by atoms with Gasteiger partial charge in [0, 0.05) is 5.71 Å². The number of nitriles is 1. The van der Waals surface area contributed by atoms with Crippen LogP contribution in [-0.2, 0) is 22.6 Å². The van der Waals surface area contributed by atoms with Gasteiger partial charge in [0.05, 0.1) is 17.7 Å². The molecule has 3 aromatic carbocycles. The number of benzene rings is 3. The van der Waals surface area contributed by atoms with Gasteiger partial charge in [0.1, 0.15) is 18.3 Å². The second-order valence-electron chi connectivity index (χ2n) is 8.67. The highest BCUT2D eigenvalue weighted by atomic mass is 19.1. The van der Waals surface area contributed by atoms with Crippen LogP contribution in [0.2, 0.25) is 0 Å². The largest absolute Gasteiger partial charge is 0.460 e. The van der Waals surface area contributed by atoms with E-state index in [1.165, 1.54) is 24.3 Å². The first-order chi connectivity index (χ1) is 18.0. The van der Waals surface area contributed by atoms with Crippen LogP contribution in [0.4, 0.5) is 9.18 Å². The number of rotatable bonds is 7. The third-order valence-electron chi connectivity index (χ3n) is 6.24. The number of amides is 2. The van der Waals surface area contributed by atoms with Gasteiger partial charge in [0.15, 0.2) is 11.5 Å². The lowest BCUT2D eigenvalue weighted by Gasteiger charge is -2.31. The molecule has 2 unspecified atom stereocenters. The molecule has 2 heterocycles. The van der Waals surface area contributed by atoms with Gasteiger partial charge >= 0.3 is 12.0 Å². The third kappa shape index (κ3) is 5.43. The van der Waals surface area contributed by atoms with E-state index in [9.17, 15) is 14.0 Å². The summed E-state index contributed by atoms with van der Waals surface area (Å²) in [6.07, 6.45) is 0.807. The van der Waals surface area contributed by atoms with Gasteiger partial charge < -0.3 is 19.5 Å². The normalized spacial score (nSPS) is 17.9. The standard InChI is InChI=1S/C28H22FN3O5/c29-21-8-6-20(7-9-21)26-25(27(33)35-15-19-3-1-2-18(12-19)14-30)22(31-28(34)32-26)10-4-17-5-11-23-24(13-17)37-16-36-23/h1-3,5-9,11-13,25-26H,4,10,15-16H2,(H,32,34). The van der Waals surface area contributed by atoms with Gasteiger partial charge in [-0.15, -0.1) is 0 Å². The summed E-state index contributed by atoms with van der Waals surface area (Å²) >= 11 is 0. The van der Waals surface area contributed by atoms with Crippen molar-refractivity contribution in [2.45, 2.75) is 25.5 Å². The minimum atomic E-state index is -0.920. The maximum Gasteiger partial charge on any atom is 0.341 e. The fraction of sp³-hybridized carbons (Fsp3) is 0.214. The van der Waals surface area contributed by atoms with Gasteiger partial charge in [0.25, 0.3) is 0 Å². The van der Waals surface area contributed by atoms with Gasteiger partial charge in [-0.1, -0.05) is 30.3 Å². The Balaban J connectivity index is 1.39.